The molecular formula is C8H14O3. The molecule has 3 nitrogen and oxygen atoms in total. The van der Waals surface area contributed by atoms with E-state index in [9.17, 15) is 4.79 Å². The maximum atomic E-state index is 10.4. The Kier molecular flexibility index (Phi) is 3.26. The number of aliphatic carboxylic acids is 1. The standard InChI is InChI=1S/C8H14O3/c1-5-6(7(9)10)11-8(2,3)4/h5-6H,1H2,2-4H3,(H,9,10). The van der Waals surface area contributed by atoms with Crippen molar-refractivity contribution in [2.45, 2.75) is 32.5 Å². The summed E-state index contributed by atoms with van der Waals surface area (Å²) in [6.45, 7) is 8.75. The van der Waals surface area contributed by atoms with Crippen molar-refractivity contribution in [1.29, 1.82) is 0 Å². The molecule has 1 unspecified atom stereocenters. The fraction of sp³-hybridized carbons (Fsp3) is 0.625. The molecule has 0 radical (unpaired) electrons. The molecule has 0 aliphatic rings. The summed E-state index contributed by atoms with van der Waals surface area (Å²) >= 11 is 0. The van der Waals surface area contributed by atoms with E-state index in [0.29, 0.717) is 0 Å². The maximum Gasteiger partial charge on any atom is 0.336 e. The van der Waals surface area contributed by atoms with Crippen LogP contribution in [0.4, 0.5) is 0 Å². The monoisotopic (exact) mass is 158 g/mol. The van der Waals surface area contributed by atoms with E-state index in [1.165, 1.54) is 6.08 Å². The first-order chi connectivity index (χ1) is 4.87. The zero-order valence-electron chi connectivity index (χ0n) is 7.13. The summed E-state index contributed by atoms with van der Waals surface area (Å²) < 4.78 is 5.13. The minimum atomic E-state index is -1.00. The number of rotatable bonds is 3. The highest BCUT2D eigenvalue weighted by Gasteiger charge is 2.21. The first-order valence-corrected chi connectivity index (χ1v) is 3.40. The molecule has 0 fully saturated rings. The van der Waals surface area contributed by atoms with E-state index in [2.05, 4.69) is 6.58 Å². The van der Waals surface area contributed by atoms with Crippen molar-refractivity contribution in [2.24, 2.45) is 0 Å². The molecular weight excluding hydrogens is 144 g/mol. The van der Waals surface area contributed by atoms with Crippen LogP contribution in [-0.4, -0.2) is 22.8 Å². The first-order valence-electron chi connectivity index (χ1n) is 3.40. The Labute approximate surface area is 66.7 Å². The lowest BCUT2D eigenvalue weighted by Crippen LogP contribution is -2.31. The molecule has 1 atom stereocenters. The minimum Gasteiger partial charge on any atom is -0.479 e. The molecule has 0 heterocycles. The Hall–Kier alpha value is -0.830. The molecule has 0 aliphatic heterocycles. The lowest BCUT2D eigenvalue weighted by Gasteiger charge is -2.22. The molecule has 0 aromatic rings. The van der Waals surface area contributed by atoms with Crippen LogP contribution in [0.15, 0.2) is 12.7 Å². The molecule has 3 heteroatoms. The van der Waals surface area contributed by atoms with Crippen LogP contribution in [0, 0.1) is 0 Å². The number of ether oxygens (including phenoxy) is 1. The van der Waals surface area contributed by atoms with Gasteiger partial charge >= 0.3 is 5.97 Å². The highest BCUT2D eigenvalue weighted by atomic mass is 16.5. The summed E-state index contributed by atoms with van der Waals surface area (Å²) in [5.41, 5.74) is -0.447. The van der Waals surface area contributed by atoms with E-state index in [4.69, 9.17) is 9.84 Å². The average Bonchev–Trinajstić information content (AvgIpc) is 1.80. The van der Waals surface area contributed by atoms with Gasteiger partial charge in [0.15, 0.2) is 6.10 Å². The van der Waals surface area contributed by atoms with Gasteiger partial charge in [0.1, 0.15) is 0 Å². The van der Waals surface area contributed by atoms with Gasteiger partial charge in [-0.3, -0.25) is 0 Å². The normalized spacial score (nSPS) is 14.1. The van der Waals surface area contributed by atoms with E-state index in [0.717, 1.165) is 0 Å². The SMILES string of the molecule is C=CC(OC(C)(C)C)C(=O)O. The van der Waals surface area contributed by atoms with E-state index in [1.54, 1.807) is 20.8 Å². The third-order valence-corrected chi connectivity index (χ3v) is 0.938. The van der Waals surface area contributed by atoms with Crippen molar-refractivity contribution in [3.8, 4) is 0 Å². The molecule has 0 aromatic heterocycles. The Morgan fingerprint density at radius 3 is 2.18 bits per heavy atom. The zero-order chi connectivity index (χ0) is 9.07. The fourth-order valence-corrected chi connectivity index (χ4v) is 0.580. The van der Waals surface area contributed by atoms with Gasteiger partial charge in [-0.15, -0.1) is 0 Å². The summed E-state index contributed by atoms with van der Waals surface area (Å²) in [6.07, 6.45) is 0.364. The van der Waals surface area contributed by atoms with Gasteiger partial charge in [0.2, 0.25) is 0 Å². The summed E-state index contributed by atoms with van der Waals surface area (Å²) in [5.74, 6) is -1.00. The number of carbonyl (C=O) groups is 1. The summed E-state index contributed by atoms with van der Waals surface area (Å²) in [7, 11) is 0. The maximum absolute atomic E-state index is 10.4. The number of carboxylic acid groups (broad SMARTS) is 1. The van der Waals surface area contributed by atoms with E-state index in [1.807, 2.05) is 0 Å². The Balaban J connectivity index is 4.10. The van der Waals surface area contributed by atoms with Crippen LogP contribution in [-0.2, 0) is 9.53 Å². The van der Waals surface area contributed by atoms with Gasteiger partial charge in [0, 0.05) is 0 Å². The third kappa shape index (κ3) is 4.56. The topological polar surface area (TPSA) is 46.5 Å². The summed E-state index contributed by atoms with van der Waals surface area (Å²) in [4.78, 5) is 10.4. The highest BCUT2D eigenvalue weighted by Crippen LogP contribution is 2.11. The summed E-state index contributed by atoms with van der Waals surface area (Å²) in [5, 5.41) is 8.54. The molecule has 0 spiro atoms. The van der Waals surface area contributed by atoms with Crippen LogP contribution in [0.3, 0.4) is 0 Å². The molecule has 0 rings (SSSR count). The summed E-state index contributed by atoms with van der Waals surface area (Å²) in [6, 6.07) is 0. The lowest BCUT2D eigenvalue weighted by atomic mass is 10.2. The van der Waals surface area contributed by atoms with Gasteiger partial charge in [-0.2, -0.15) is 0 Å². The number of carboxylic acids is 1. The van der Waals surface area contributed by atoms with Crippen LogP contribution in [0.25, 0.3) is 0 Å². The van der Waals surface area contributed by atoms with Crippen LogP contribution in [0.1, 0.15) is 20.8 Å². The predicted octanol–water partition coefficient (Wildman–Crippen LogP) is 1.44. The fourth-order valence-electron chi connectivity index (χ4n) is 0.580. The second-order valence-corrected chi connectivity index (χ2v) is 3.22. The predicted molar refractivity (Wildman–Crippen MR) is 42.5 cm³/mol. The second-order valence-electron chi connectivity index (χ2n) is 3.22. The minimum absolute atomic E-state index is 0.447. The smallest absolute Gasteiger partial charge is 0.336 e. The number of hydrogen-bond donors (Lipinski definition) is 1. The lowest BCUT2D eigenvalue weighted by molar-refractivity contribution is -0.154. The van der Waals surface area contributed by atoms with Crippen molar-refractivity contribution in [3.63, 3.8) is 0 Å². The average molecular weight is 158 g/mol. The van der Waals surface area contributed by atoms with E-state index < -0.39 is 17.7 Å². The third-order valence-electron chi connectivity index (χ3n) is 0.938. The Morgan fingerprint density at radius 1 is 1.64 bits per heavy atom. The molecule has 1 N–H and O–H groups in total. The van der Waals surface area contributed by atoms with Crippen molar-refractivity contribution >= 4 is 5.97 Å². The van der Waals surface area contributed by atoms with Crippen molar-refractivity contribution in [1.82, 2.24) is 0 Å². The van der Waals surface area contributed by atoms with Crippen LogP contribution in [0.2, 0.25) is 0 Å². The second kappa shape index (κ2) is 3.53. The van der Waals surface area contributed by atoms with E-state index in [-0.39, 0.29) is 0 Å². The molecule has 0 saturated heterocycles. The van der Waals surface area contributed by atoms with Gasteiger partial charge in [0.05, 0.1) is 5.60 Å². The van der Waals surface area contributed by atoms with Gasteiger partial charge in [-0.25, -0.2) is 4.79 Å². The first kappa shape index (κ1) is 10.2. The quantitative estimate of drug-likeness (QED) is 0.632. The van der Waals surface area contributed by atoms with Crippen LogP contribution in [0.5, 0.6) is 0 Å². The molecule has 0 aromatic carbocycles. The van der Waals surface area contributed by atoms with Gasteiger partial charge in [-0.1, -0.05) is 12.7 Å². The molecule has 0 aliphatic carbocycles. The Bertz CT molecular complexity index is 155. The molecule has 0 saturated carbocycles. The Morgan fingerprint density at radius 2 is 2.09 bits per heavy atom. The van der Waals surface area contributed by atoms with Gasteiger partial charge < -0.3 is 9.84 Å². The molecule has 11 heavy (non-hydrogen) atoms. The molecule has 64 valence electrons. The largest absolute Gasteiger partial charge is 0.479 e. The highest BCUT2D eigenvalue weighted by molar-refractivity contribution is 5.74. The van der Waals surface area contributed by atoms with Crippen LogP contribution >= 0.6 is 0 Å². The van der Waals surface area contributed by atoms with Crippen molar-refractivity contribution in [2.75, 3.05) is 0 Å². The molecule has 0 amide bonds. The van der Waals surface area contributed by atoms with Crippen LogP contribution < -0.4 is 0 Å². The van der Waals surface area contributed by atoms with Gasteiger partial charge in [-0.05, 0) is 20.8 Å². The number of hydrogen-bond acceptors (Lipinski definition) is 2. The van der Waals surface area contributed by atoms with Crippen molar-refractivity contribution in [3.05, 3.63) is 12.7 Å². The van der Waals surface area contributed by atoms with Crippen molar-refractivity contribution < 1.29 is 14.6 Å². The zero-order valence-corrected chi connectivity index (χ0v) is 7.13. The van der Waals surface area contributed by atoms with E-state index >= 15 is 0 Å². The van der Waals surface area contributed by atoms with Gasteiger partial charge in [0.25, 0.3) is 0 Å². The molecule has 0 bridgehead atoms.